The average Bonchev–Trinajstić information content (AvgIpc) is 3.10. The third-order valence-corrected chi connectivity index (χ3v) is 5.92. The molecule has 0 radical (unpaired) electrons. The topological polar surface area (TPSA) is 63.1 Å². The van der Waals surface area contributed by atoms with Gasteiger partial charge in [0.15, 0.2) is 5.16 Å². The maximum atomic E-state index is 12.3. The van der Waals surface area contributed by atoms with E-state index in [0.29, 0.717) is 16.2 Å². The van der Waals surface area contributed by atoms with Gasteiger partial charge in [0.1, 0.15) is 0 Å². The lowest BCUT2D eigenvalue weighted by Crippen LogP contribution is -2.32. The lowest BCUT2D eigenvalue weighted by Gasteiger charge is -2.19. The van der Waals surface area contributed by atoms with Crippen LogP contribution in [-0.2, 0) is 4.79 Å². The Hall–Kier alpha value is -1.73. The number of hydrogen-bond donors (Lipinski definition) is 1. The van der Waals surface area contributed by atoms with Crippen molar-refractivity contribution < 1.29 is 4.79 Å². The van der Waals surface area contributed by atoms with Gasteiger partial charge in [-0.05, 0) is 50.8 Å². The molecule has 1 aliphatic carbocycles. The van der Waals surface area contributed by atoms with Crippen LogP contribution >= 0.6 is 23.4 Å². The number of thioether (sulfide) groups is 1. The van der Waals surface area contributed by atoms with Crippen LogP contribution < -0.4 is 10.2 Å². The van der Waals surface area contributed by atoms with Gasteiger partial charge < -0.3 is 10.2 Å². The molecule has 0 bridgehead atoms. The third kappa shape index (κ3) is 3.83. The Morgan fingerprint density at radius 2 is 2.08 bits per heavy atom. The summed E-state index contributed by atoms with van der Waals surface area (Å²) in [7, 11) is 0. The lowest BCUT2D eigenvalue weighted by molar-refractivity contribution is -0.120. The molecular formula is C18H22ClN5OS. The molecule has 2 aromatic rings. The Morgan fingerprint density at radius 3 is 2.77 bits per heavy atom. The molecule has 1 saturated carbocycles. The number of benzene rings is 1. The van der Waals surface area contributed by atoms with Crippen LogP contribution in [0.4, 0.5) is 5.95 Å². The van der Waals surface area contributed by atoms with Crippen LogP contribution in [0.2, 0.25) is 5.02 Å². The van der Waals surface area contributed by atoms with E-state index in [4.69, 9.17) is 11.6 Å². The summed E-state index contributed by atoms with van der Waals surface area (Å²) in [5.41, 5.74) is 0.918. The lowest BCUT2D eigenvalue weighted by atomic mass is 10.3. The first-order valence-corrected chi connectivity index (χ1v) is 10.3. The van der Waals surface area contributed by atoms with Crippen molar-refractivity contribution >= 4 is 35.2 Å². The zero-order valence-corrected chi connectivity index (χ0v) is 16.3. The minimum absolute atomic E-state index is 0.0564. The molecule has 2 heterocycles. The van der Waals surface area contributed by atoms with Gasteiger partial charge in [-0.15, -0.1) is 10.2 Å². The summed E-state index contributed by atoms with van der Waals surface area (Å²) in [5, 5.41) is 13.0. The van der Waals surface area contributed by atoms with E-state index >= 15 is 0 Å². The van der Waals surface area contributed by atoms with Gasteiger partial charge >= 0.3 is 0 Å². The quantitative estimate of drug-likeness (QED) is 0.765. The van der Waals surface area contributed by atoms with Crippen LogP contribution in [0.15, 0.2) is 29.4 Å². The molecule has 0 spiro atoms. The van der Waals surface area contributed by atoms with Gasteiger partial charge in [0.05, 0.1) is 10.9 Å². The van der Waals surface area contributed by atoms with Gasteiger partial charge in [-0.3, -0.25) is 9.36 Å². The van der Waals surface area contributed by atoms with Crippen LogP contribution in [-0.4, -0.2) is 45.1 Å². The largest absolute Gasteiger partial charge is 0.352 e. The Bertz CT molecular complexity index is 801. The van der Waals surface area contributed by atoms with Crippen molar-refractivity contribution in [3.63, 3.8) is 0 Å². The maximum Gasteiger partial charge on any atom is 0.233 e. The van der Waals surface area contributed by atoms with Crippen LogP contribution in [0, 0.1) is 0 Å². The van der Waals surface area contributed by atoms with Crippen molar-refractivity contribution in [2.24, 2.45) is 0 Å². The number of hydrogen-bond acceptors (Lipinski definition) is 5. The van der Waals surface area contributed by atoms with Gasteiger partial charge in [0.2, 0.25) is 11.9 Å². The van der Waals surface area contributed by atoms with E-state index < -0.39 is 0 Å². The van der Waals surface area contributed by atoms with Gasteiger partial charge in [0.25, 0.3) is 0 Å². The Balaban J connectivity index is 1.64. The number of carbonyl (C=O) groups excluding carboxylic acids is 1. The Labute approximate surface area is 162 Å². The number of aromatic nitrogens is 3. The number of anilines is 1. The van der Waals surface area contributed by atoms with E-state index in [9.17, 15) is 4.79 Å². The second-order valence-corrected chi connectivity index (χ2v) is 8.58. The van der Waals surface area contributed by atoms with Gasteiger partial charge in [-0.2, -0.15) is 0 Å². The molecule has 1 aliphatic heterocycles. The zero-order chi connectivity index (χ0) is 18.1. The summed E-state index contributed by atoms with van der Waals surface area (Å²) in [6.07, 6.45) is 4.48. The zero-order valence-electron chi connectivity index (χ0n) is 14.7. The molecule has 2 aliphatic rings. The van der Waals surface area contributed by atoms with E-state index in [0.717, 1.165) is 50.4 Å². The molecule has 1 atom stereocenters. The van der Waals surface area contributed by atoms with E-state index in [2.05, 4.69) is 20.4 Å². The molecule has 1 saturated heterocycles. The number of amides is 1. The Morgan fingerprint density at radius 1 is 1.31 bits per heavy atom. The van der Waals surface area contributed by atoms with Crippen LogP contribution in [0.5, 0.6) is 0 Å². The smallest absolute Gasteiger partial charge is 0.233 e. The molecule has 2 fully saturated rings. The molecule has 1 aromatic heterocycles. The molecule has 8 heteroatoms. The minimum Gasteiger partial charge on any atom is -0.352 e. The highest BCUT2D eigenvalue weighted by Gasteiger charge is 2.28. The molecular weight excluding hydrogens is 370 g/mol. The molecule has 138 valence electrons. The summed E-state index contributed by atoms with van der Waals surface area (Å²) in [6, 6.07) is 8.03. The third-order valence-electron chi connectivity index (χ3n) is 4.65. The molecule has 1 aromatic carbocycles. The predicted molar refractivity (Wildman–Crippen MR) is 104 cm³/mol. The second kappa shape index (κ2) is 7.48. The van der Waals surface area contributed by atoms with Gasteiger partial charge in [-0.25, -0.2) is 0 Å². The van der Waals surface area contributed by atoms with E-state index in [1.54, 1.807) is 0 Å². The van der Waals surface area contributed by atoms with Crippen molar-refractivity contribution in [1.82, 2.24) is 20.1 Å². The van der Waals surface area contributed by atoms with Gasteiger partial charge in [-0.1, -0.05) is 29.4 Å². The normalized spacial score (nSPS) is 18.2. The van der Waals surface area contributed by atoms with Crippen molar-refractivity contribution in [3.05, 3.63) is 29.3 Å². The van der Waals surface area contributed by atoms with Crippen LogP contribution in [0.1, 0.15) is 32.6 Å². The number of carbonyl (C=O) groups is 1. The van der Waals surface area contributed by atoms with Crippen LogP contribution in [0.3, 0.4) is 0 Å². The Kier molecular flexibility index (Phi) is 5.09. The highest BCUT2D eigenvalue weighted by atomic mass is 35.5. The van der Waals surface area contributed by atoms with Crippen molar-refractivity contribution in [2.75, 3.05) is 18.0 Å². The first-order valence-electron chi connectivity index (χ1n) is 9.05. The fraction of sp³-hybridized carbons (Fsp3) is 0.500. The first-order chi connectivity index (χ1) is 12.6. The van der Waals surface area contributed by atoms with E-state index in [1.165, 1.54) is 11.8 Å². The first kappa shape index (κ1) is 17.7. The minimum atomic E-state index is -0.232. The second-order valence-electron chi connectivity index (χ2n) is 6.83. The monoisotopic (exact) mass is 391 g/mol. The molecule has 26 heavy (non-hydrogen) atoms. The predicted octanol–water partition coefficient (Wildman–Crippen LogP) is 3.28. The van der Waals surface area contributed by atoms with Gasteiger partial charge in [0, 0.05) is 24.2 Å². The summed E-state index contributed by atoms with van der Waals surface area (Å²) in [4.78, 5) is 14.6. The van der Waals surface area contributed by atoms with E-state index in [1.807, 2.05) is 35.8 Å². The summed E-state index contributed by atoms with van der Waals surface area (Å²) >= 11 is 7.64. The number of nitrogens with one attached hydrogen (secondary N) is 1. The number of halogens is 1. The fourth-order valence-corrected chi connectivity index (χ4v) is 4.12. The van der Waals surface area contributed by atoms with Crippen molar-refractivity contribution in [1.29, 1.82) is 0 Å². The number of rotatable bonds is 6. The van der Waals surface area contributed by atoms with E-state index in [-0.39, 0.29) is 11.2 Å². The molecule has 1 amide bonds. The van der Waals surface area contributed by atoms with Crippen molar-refractivity contribution in [3.8, 4) is 5.69 Å². The standard InChI is InChI=1S/C18H22ClN5OS/c1-12(16(25)20-14-7-8-14)26-18-22-21-17(23-9-2-3-10-23)24(18)15-6-4-5-13(19)11-15/h4-6,11-12,14H,2-3,7-10H2,1H3,(H,20,25)/t12-/m0/s1. The molecule has 0 unspecified atom stereocenters. The maximum absolute atomic E-state index is 12.3. The van der Waals surface area contributed by atoms with Crippen LogP contribution in [0.25, 0.3) is 5.69 Å². The molecule has 1 N–H and O–H groups in total. The summed E-state index contributed by atoms with van der Waals surface area (Å²) in [6.45, 7) is 3.86. The SMILES string of the molecule is C[C@H](Sc1nnc(N2CCCC2)n1-c1cccc(Cl)c1)C(=O)NC1CC1. The number of nitrogens with zero attached hydrogens (tertiary/aromatic N) is 4. The highest BCUT2D eigenvalue weighted by molar-refractivity contribution is 8.00. The average molecular weight is 392 g/mol. The summed E-state index contributed by atoms with van der Waals surface area (Å²) in [5.74, 6) is 0.878. The van der Waals surface area contributed by atoms with Crippen molar-refractivity contribution in [2.45, 2.75) is 49.1 Å². The molecule has 4 rings (SSSR count). The summed E-state index contributed by atoms with van der Waals surface area (Å²) < 4.78 is 2.02. The highest BCUT2D eigenvalue weighted by Crippen LogP contribution is 2.32. The molecule has 6 nitrogen and oxygen atoms in total. The fourth-order valence-electron chi connectivity index (χ4n) is 3.06.